The van der Waals surface area contributed by atoms with Crippen molar-refractivity contribution in [2.75, 3.05) is 10.6 Å². The number of amides is 2. The highest BCUT2D eigenvalue weighted by molar-refractivity contribution is 6.07. The summed E-state index contributed by atoms with van der Waals surface area (Å²) in [5.74, 6) is -1.13. The molecule has 0 unspecified atom stereocenters. The summed E-state index contributed by atoms with van der Waals surface area (Å²) in [6, 6.07) is 15.6. The molecule has 36 heavy (non-hydrogen) atoms. The van der Waals surface area contributed by atoms with Gasteiger partial charge in [0.2, 0.25) is 0 Å². The number of halogens is 3. The highest BCUT2D eigenvalue weighted by atomic mass is 19.4. The second kappa shape index (κ2) is 10.2. The summed E-state index contributed by atoms with van der Waals surface area (Å²) in [5, 5.41) is 5.41. The number of hydrogen-bond donors (Lipinski definition) is 2. The Labute approximate surface area is 206 Å². The van der Waals surface area contributed by atoms with Crippen LogP contribution in [0.15, 0.2) is 84.1 Å². The van der Waals surface area contributed by atoms with Gasteiger partial charge < -0.3 is 10.6 Å². The summed E-state index contributed by atoms with van der Waals surface area (Å²) in [4.78, 5) is 29.8. The van der Waals surface area contributed by atoms with Gasteiger partial charge in [0.15, 0.2) is 0 Å². The van der Waals surface area contributed by atoms with Crippen molar-refractivity contribution in [3.05, 3.63) is 101 Å². The van der Waals surface area contributed by atoms with E-state index >= 15 is 0 Å². The number of aryl methyl sites for hydroxylation is 2. The molecular formula is C28H24F3N3O2. The van der Waals surface area contributed by atoms with Crippen LogP contribution >= 0.6 is 0 Å². The van der Waals surface area contributed by atoms with Crippen molar-refractivity contribution in [3.63, 3.8) is 0 Å². The SMILES string of the molecule is Cc1ccc(NC(=O)c2ccnc(-c3cc(NC(=O)C4=C(C(F)(F)F)CCC=C4)ccc3C)c2)cc1. The lowest BCUT2D eigenvalue weighted by molar-refractivity contribution is -0.115. The molecule has 0 bridgehead atoms. The molecule has 1 heterocycles. The van der Waals surface area contributed by atoms with E-state index in [0.29, 0.717) is 28.2 Å². The van der Waals surface area contributed by atoms with E-state index in [9.17, 15) is 22.8 Å². The standard InChI is InChI=1S/C28H24F3N3O2/c1-17-7-10-20(11-8-17)33-26(35)19-13-14-32-25(15-19)23-16-21(12-9-18(23)2)34-27(36)22-5-3-4-6-24(22)28(29,30)31/h3,5,7-16H,4,6H2,1-2H3,(H,33,35)(H,34,36). The smallest absolute Gasteiger partial charge is 0.322 e. The summed E-state index contributed by atoms with van der Waals surface area (Å²) in [6.45, 7) is 3.80. The number of anilines is 2. The molecule has 1 aliphatic carbocycles. The van der Waals surface area contributed by atoms with Gasteiger partial charge in [-0.25, -0.2) is 0 Å². The van der Waals surface area contributed by atoms with Crippen molar-refractivity contribution in [2.24, 2.45) is 0 Å². The highest BCUT2D eigenvalue weighted by Gasteiger charge is 2.37. The quantitative estimate of drug-likeness (QED) is 0.414. The predicted molar refractivity (Wildman–Crippen MR) is 134 cm³/mol. The lowest BCUT2D eigenvalue weighted by Crippen LogP contribution is -2.23. The maximum Gasteiger partial charge on any atom is 0.413 e. The number of alkyl halides is 3. The van der Waals surface area contributed by atoms with Crippen LogP contribution in [0.1, 0.15) is 34.3 Å². The highest BCUT2D eigenvalue weighted by Crippen LogP contribution is 2.35. The Morgan fingerprint density at radius 3 is 2.31 bits per heavy atom. The fourth-order valence-electron chi connectivity index (χ4n) is 3.90. The molecule has 0 saturated heterocycles. The summed E-state index contributed by atoms with van der Waals surface area (Å²) in [6.07, 6.45) is -0.282. The lowest BCUT2D eigenvalue weighted by Gasteiger charge is -2.18. The Kier molecular flexibility index (Phi) is 7.05. The first-order valence-corrected chi connectivity index (χ1v) is 11.3. The van der Waals surface area contributed by atoms with Gasteiger partial charge in [-0.2, -0.15) is 13.2 Å². The molecule has 2 N–H and O–H groups in total. The molecule has 8 heteroatoms. The number of aromatic nitrogens is 1. The molecule has 0 saturated carbocycles. The number of hydrogen-bond acceptors (Lipinski definition) is 3. The Morgan fingerprint density at radius 1 is 0.889 bits per heavy atom. The van der Waals surface area contributed by atoms with Crippen LogP contribution in [-0.2, 0) is 4.79 Å². The third-order valence-electron chi connectivity index (χ3n) is 5.86. The lowest BCUT2D eigenvalue weighted by atomic mass is 9.96. The molecule has 0 fully saturated rings. The molecule has 2 amide bonds. The zero-order valence-electron chi connectivity index (χ0n) is 19.7. The maximum atomic E-state index is 13.4. The van der Waals surface area contributed by atoms with Gasteiger partial charge in [0.05, 0.1) is 5.69 Å². The molecule has 0 radical (unpaired) electrons. The van der Waals surface area contributed by atoms with Gasteiger partial charge >= 0.3 is 6.18 Å². The monoisotopic (exact) mass is 491 g/mol. The van der Waals surface area contributed by atoms with Crippen LogP contribution < -0.4 is 10.6 Å². The van der Waals surface area contributed by atoms with Crippen molar-refractivity contribution in [3.8, 4) is 11.3 Å². The van der Waals surface area contributed by atoms with Crippen molar-refractivity contribution in [1.29, 1.82) is 0 Å². The van der Waals surface area contributed by atoms with Gasteiger partial charge in [0.25, 0.3) is 11.8 Å². The van der Waals surface area contributed by atoms with Gasteiger partial charge in [0, 0.05) is 39.8 Å². The summed E-state index contributed by atoms with van der Waals surface area (Å²) >= 11 is 0. The fraction of sp³-hybridized carbons (Fsp3) is 0.179. The van der Waals surface area contributed by atoms with Crippen LogP contribution in [0.2, 0.25) is 0 Å². The molecule has 2 aromatic carbocycles. The van der Waals surface area contributed by atoms with E-state index in [2.05, 4.69) is 15.6 Å². The molecule has 4 rings (SSSR count). The minimum atomic E-state index is -4.57. The minimum Gasteiger partial charge on any atom is -0.322 e. The van der Waals surface area contributed by atoms with E-state index in [-0.39, 0.29) is 24.3 Å². The first-order valence-electron chi connectivity index (χ1n) is 11.3. The third-order valence-corrected chi connectivity index (χ3v) is 5.86. The maximum absolute atomic E-state index is 13.4. The van der Waals surface area contributed by atoms with Crippen LogP contribution in [0, 0.1) is 13.8 Å². The first kappa shape index (κ1) is 24.9. The van der Waals surface area contributed by atoms with Crippen molar-refractivity contribution in [2.45, 2.75) is 32.9 Å². The van der Waals surface area contributed by atoms with Crippen LogP contribution in [-0.4, -0.2) is 23.0 Å². The summed E-state index contributed by atoms with van der Waals surface area (Å²) in [5.41, 5.74) is 3.19. The largest absolute Gasteiger partial charge is 0.413 e. The Bertz CT molecular complexity index is 1370. The van der Waals surface area contributed by atoms with Gasteiger partial charge in [-0.1, -0.05) is 35.9 Å². The second-order valence-electron chi connectivity index (χ2n) is 8.56. The normalized spacial score (nSPS) is 13.5. The molecule has 0 spiro atoms. The fourth-order valence-corrected chi connectivity index (χ4v) is 3.90. The minimum absolute atomic E-state index is 0.233. The summed E-state index contributed by atoms with van der Waals surface area (Å²) in [7, 11) is 0. The van der Waals surface area contributed by atoms with Crippen molar-refractivity contribution < 1.29 is 22.8 Å². The van der Waals surface area contributed by atoms with Crippen molar-refractivity contribution >= 4 is 23.2 Å². The zero-order chi connectivity index (χ0) is 25.9. The molecule has 184 valence electrons. The zero-order valence-corrected chi connectivity index (χ0v) is 19.7. The molecule has 0 aliphatic heterocycles. The van der Waals surface area contributed by atoms with Crippen molar-refractivity contribution in [1.82, 2.24) is 4.98 Å². The van der Waals surface area contributed by atoms with Gasteiger partial charge in [0.1, 0.15) is 0 Å². The Morgan fingerprint density at radius 2 is 1.58 bits per heavy atom. The second-order valence-corrected chi connectivity index (χ2v) is 8.56. The van der Waals surface area contributed by atoms with E-state index in [1.165, 1.54) is 12.3 Å². The first-order chi connectivity index (χ1) is 17.1. The molecular weight excluding hydrogens is 467 g/mol. The number of rotatable bonds is 5. The number of pyridine rings is 1. The van der Waals surface area contributed by atoms with Gasteiger partial charge in [-0.3, -0.25) is 14.6 Å². The van der Waals surface area contributed by atoms with E-state index < -0.39 is 17.7 Å². The summed E-state index contributed by atoms with van der Waals surface area (Å²) < 4.78 is 40.1. The van der Waals surface area contributed by atoms with Crippen LogP contribution in [0.3, 0.4) is 0 Å². The molecule has 0 atom stereocenters. The number of benzene rings is 2. The average molecular weight is 492 g/mol. The van der Waals surface area contributed by atoms with E-state index in [1.54, 1.807) is 36.4 Å². The number of nitrogens with one attached hydrogen (secondary N) is 2. The van der Waals surface area contributed by atoms with E-state index in [4.69, 9.17) is 0 Å². The molecule has 3 aromatic rings. The molecule has 1 aliphatic rings. The Hall–Kier alpha value is -4.20. The van der Waals surface area contributed by atoms with Gasteiger partial charge in [-0.15, -0.1) is 0 Å². The third kappa shape index (κ3) is 5.71. The topological polar surface area (TPSA) is 71.1 Å². The predicted octanol–water partition coefficient (Wildman–Crippen LogP) is 6.77. The van der Waals surface area contributed by atoms with Crippen LogP contribution in [0.5, 0.6) is 0 Å². The van der Waals surface area contributed by atoms with E-state index in [0.717, 1.165) is 11.1 Å². The number of allylic oxidation sites excluding steroid dienone is 2. The average Bonchev–Trinajstić information content (AvgIpc) is 2.86. The van der Waals surface area contributed by atoms with Gasteiger partial charge in [-0.05, 0) is 68.7 Å². The molecule has 5 nitrogen and oxygen atoms in total. The number of nitrogens with zero attached hydrogens (tertiary/aromatic N) is 1. The van der Waals surface area contributed by atoms with Crippen LogP contribution in [0.4, 0.5) is 24.5 Å². The Balaban J connectivity index is 1.58. The van der Waals surface area contributed by atoms with E-state index in [1.807, 2.05) is 38.1 Å². The number of carbonyl (C=O) groups is 2. The number of carbonyl (C=O) groups excluding carboxylic acids is 2. The molecule has 1 aromatic heterocycles. The van der Waals surface area contributed by atoms with Crippen LogP contribution in [0.25, 0.3) is 11.3 Å².